The van der Waals surface area contributed by atoms with Crippen LogP contribution in [0, 0.1) is 5.92 Å². The average molecular weight is 251 g/mol. The van der Waals surface area contributed by atoms with Crippen LogP contribution in [-0.4, -0.2) is 35.1 Å². The molecule has 98 valence electrons. The molecular formula is C12H17N3O3. The van der Waals surface area contributed by atoms with Gasteiger partial charge in [0.05, 0.1) is 12.1 Å². The maximum Gasteiger partial charge on any atom is 0.335 e. The van der Waals surface area contributed by atoms with Gasteiger partial charge in [-0.1, -0.05) is 13.8 Å². The number of carboxylic acids is 1. The van der Waals surface area contributed by atoms with Crippen molar-refractivity contribution in [2.45, 2.75) is 13.8 Å². The van der Waals surface area contributed by atoms with Crippen molar-refractivity contribution in [2.24, 2.45) is 5.92 Å². The van der Waals surface area contributed by atoms with Crippen molar-refractivity contribution >= 4 is 17.7 Å². The molecule has 0 aliphatic rings. The summed E-state index contributed by atoms with van der Waals surface area (Å²) < 4.78 is 0. The van der Waals surface area contributed by atoms with Crippen LogP contribution in [0.1, 0.15) is 24.2 Å². The second kappa shape index (κ2) is 6.58. The van der Waals surface area contributed by atoms with E-state index in [1.54, 1.807) is 0 Å². The topological polar surface area (TPSA) is 91.3 Å². The molecule has 0 aromatic carbocycles. The number of hydrogen-bond acceptors (Lipinski definition) is 4. The van der Waals surface area contributed by atoms with E-state index in [0.29, 0.717) is 18.3 Å². The number of aromatic carboxylic acids is 1. The molecular weight excluding hydrogens is 234 g/mol. The number of aromatic nitrogens is 1. The standard InChI is InChI=1S/C12H17N3O3/c1-8(2)6-15-11(16)7-14-10-5-9(12(17)18)3-4-13-10/h3-5,8H,6-7H2,1-2H3,(H,13,14)(H,15,16)(H,17,18). The number of anilines is 1. The molecule has 0 bridgehead atoms. The highest BCUT2D eigenvalue weighted by Gasteiger charge is 2.06. The first-order valence-electron chi connectivity index (χ1n) is 5.69. The number of carbonyl (C=O) groups excluding carboxylic acids is 1. The number of carboxylic acid groups (broad SMARTS) is 1. The summed E-state index contributed by atoms with van der Waals surface area (Å²) >= 11 is 0. The number of pyridine rings is 1. The number of rotatable bonds is 6. The van der Waals surface area contributed by atoms with Crippen LogP contribution in [0.15, 0.2) is 18.3 Å². The Bertz CT molecular complexity index is 432. The molecule has 6 heteroatoms. The zero-order chi connectivity index (χ0) is 13.5. The lowest BCUT2D eigenvalue weighted by molar-refractivity contribution is -0.119. The summed E-state index contributed by atoms with van der Waals surface area (Å²) in [5.41, 5.74) is 0.134. The lowest BCUT2D eigenvalue weighted by atomic mass is 10.2. The van der Waals surface area contributed by atoms with E-state index in [-0.39, 0.29) is 18.0 Å². The van der Waals surface area contributed by atoms with Gasteiger partial charge in [0.1, 0.15) is 5.82 Å². The number of amides is 1. The minimum atomic E-state index is -1.02. The molecule has 6 nitrogen and oxygen atoms in total. The molecule has 1 amide bonds. The van der Waals surface area contributed by atoms with Crippen molar-refractivity contribution in [1.29, 1.82) is 0 Å². The SMILES string of the molecule is CC(C)CNC(=O)CNc1cc(C(=O)O)ccn1. The number of nitrogens with one attached hydrogen (secondary N) is 2. The highest BCUT2D eigenvalue weighted by atomic mass is 16.4. The number of carbonyl (C=O) groups is 2. The van der Waals surface area contributed by atoms with Gasteiger partial charge in [-0.3, -0.25) is 4.79 Å². The predicted octanol–water partition coefficient (Wildman–Crippen LogP) is 0.964. The van der Waals surface area contributed by atoms with E-state index >= 15 is 0 Å². The first-order chi connectivity index (χ1) is 8.49. The van der Waals surface area contributed by atoms with E-state index in [2.05, 4.69) is 15.6 Å². The molecule has 0 radical (unpaired) electrons. The Morgan fingerprint density at radius 3 is 2.78 bits per heavy atom. The number of nitrogens with zero attached hydrogens (tertiary/aromatic N) is 1. The van der Waals surface area contributed by atoms with Crippen LogP contribution in [0.25, 0.3) is 0 Å². The molecule has 3 N–H and O–H groups in total. The Hall–Kier alpha value is -2.11. The van der Waals surface area contributed by atoms with Crippen molar-refractivity contribution in [3.63, 3.8) is 0 Å². The van der Waals surface area contributed by atoms with Crippen LogP contribution < -0.4 is 10.6 Å². The fourth-order valence-electron chi connectivity index (χ4n) is 1.21. The van der Waals surface area contributed by atoms with E-state index in [9.17, 15) is 9.59 Å². The third-order valence-electron chi connectivity index (χ3n) is 2.14. The van der Waals surface area contributed by atoms with Crippen LogP contribution in [0.5, 0.6) is 0 Å². The van der Waals surface area contributed by atoms with Crippen molar-refractivity contribution in [3.8, 4) is 0 Å². The molecule has 18 heavy (non-hydrogen) atoms. The van der Waals surface area contributed by atoms with Gasteiger partial charge in [-0.15, -0.1) is 0 Å². The first-order valence-corrected chi connectivity index (χ1v) is 5.69. The normalized spacial score (nSPS) is 10.2. The molecule has 0 atom stereocenters. The highest BCUT2D eigenvalue weighted by Crippen LogP contribution is 2.06. The molecule has 1 rings (SSSR count). The minimum absolute atomic E-state index is 0.0722. The van der Waals surface area contributed by atoms with E-state index in [4.69, 9.17) is 5.11 Å². The molecule has 0 saturated carbocycles. The van der Waals surface area contributed by atoms with Crippen LogP contribution in [0.2, 0.25) is 0 Å². The Morgan fingerprint density at radius 1 is 1.44 bits per heavy atom. The van der Waals surface area contributed by atoms with Gasteiger partial charge in [0, 0.05) is 12.7 Å². The Labute approximate surface area is 105 Å². The van der Waals surface area contributed by atoms with E-state index in [1.165, 1.54) is 18.3 Å². The predicted molar refractivity (Wildman–Crippen MR) is 67.5 cm³/mol. The van der Waals surface area contributed by atoms with Crippen molar-refractivity contribution in [2.75, 3.05) is 18.4 Å². The average Bonchev–Trinajstić information content (AvgIpc) is 2.34. The zero-order valence-electron chi connectivity index (χ0n) is 10.4. The van der Waals surface area contributed by atoms with Gasteiger partial charge in [-0.05, 0) is 18.1 Å². The summed E-state index contributed by atoms with van der Waals surface area (Å²) in [6.07, 6.45) is 1.39. The third kappa shape index (κ3) is 4.82. The Morgan fingerprint density at radius 2 is 2.17 bits per heavy atom. The van der Waals surface area contributed by atoms with Crippen molar-refractivity contribution in [1.82, 2.24) is 10.3 Å². The molecule has 0 saturated heterocycles. The summed E-state index contributed by atoms with van der Waals surface area (Å²) in [4.78, 5) is 26.1. The summed E-state index contributed by atoms with van der Waals surface area (Å²) in [6.45, 7) is 4.70. The molecule has 0 spiro atoms. The van der Waals surface area contributed by atoms with Gasteiger partial charge in [-0.2, -0.15) is 0 Å². The van der Waals surface area contributed by atoms with Gasteiger partial charge in [0.2, 0.25) is 5.91 Å². The van der Waals surface area contributed by atoms with Gasteiger partial charge >= 0.3 is 5.97 Å². The van der Waals surface area contributed by atoms with Crippen molar-refractivity contribution in [3.05, 3.63) is 23.9 Å². The third-order valence-corrected chi connectivity index (χ3v) is 2.14. The minimum Gasteiger partial charge on any atom is -0.478 e. The van der Waals surface area contributed by atoms with Crippen LogP contribution in [-0.2, 0) is 4.79 Å². The molecule has 1 aromatic rings. The molecule has 0 unspecified atom stereocenters. The molecule has 0 fully saturated rings. The largest absolute Gasteiger partial charge is 0.478 e. The second-order valence-corrected chi connectivity index (χ2v) is 4.29. The first kappa shape index (κ1) is 14.0. The quantitative estimate of drug-likeness (QED) is 0.700. The Kier molecular flexibility index (Phi) is 5.10. The fourth-order valence-corrected chi connectivity index (χ4v) is 1.21. The van der Waals surface area contributed by atoms with Crippen molar-refractivity contribution < 1.29 is 14.7 Å². The summed E-state index contributed by atoms with van der Waals surface area (Å²) in [6, 6.07) is 2.78. The summed E-state index contributed by atoms with van der Waals surface area (Å²) in [5, 5.41) is 14.3. The highest BCUT2D eigenvalue weighted by molar-refractivity contribution is 5.88. The monoisotopic (exact) mass is 251 g/mol. The van der Waals surface area contributed by atoms with Gasteiger partial charge in [0.15, 0.2) is 0 Å². The Balaban J connectivity index is 2.46. The van der Waals surface area contributed by atoms with Crippen LogP contribution in [0.3, 0.4) is 0 Å². The van der Waals surface area contributed by atoms with Gasteiger partial charge in [-0.25, -0.2) is 9.78 Å². The number of hydrogen-bond donors (Lipinski definition) is 3. The maximum atomic E-state index is 11.4. The van der Waals surface area contributed by atoms with E-state index < -0.39 is 5.97 Å². The maximum absolute atomic E-state index is 11.4. The van der Waals surface area contributed by atoms with Gasteiger partial charge in [0.25, 0.3) is 0 Å². The fraction of sp³-hybridized carbons (Fsp3) is 0.417. The summed E-state index contributed by atoms with van der Waals surface area (Å²) in [7, 11) is 0. The smallest absolute Gasteiger partial charge is 0.335 e. The van der Waals surface area contributed by atoms with Crippen LogP contribution in [0.4, 0.5) is 5.82 Å². The van der Waals surface area contributed by atoms with Crippen LogP contribution >= 0.6 is 0 Å². The second-order valence-electron chi connectivity index (χ2n) is 4.29. The molecule has 1 aromatic heterocycles. The molecule has 0 aliphatic heterocycles. The van der Waals surface area contributed by atoms with E-state index in [1.807, 2.05) is 13.8 Å². The lowest BCUT2D eigenvalue weighted by Gasteiger charge is -2.09. The molecule has 1 heterocycles. The van der Waals surface area contributed by atoms with Gasteiger partial charge < -0.3 is 15.7 Å². The summed E-state index contributed by atoms with van der Waals surface area (Å²) in [5.74, 6) is -0.409. The zero-order valence-corrected chi connectivity index (χ0v) is 10.4. The molecule has 0 aliphatic carbocycles. The lowest BCUT2D eigenvalue weighted by Crippen LogP contribution is -2.32. The van der Waals surface area contributed by atoms with E-state index in [0.717, 1.165) is 0 Å².